The molecule has 0 bridgehead atoms. The van der Waals surface area contributed by atoms with Crippen LogP contribution < -0.4 is 14.8 Å². The van der Waals surface area contributed by atoms with Crippen LogP contribution in [0.2, 0.25) is 0 Å². The largest absolute Gasteiger partial charge is 0.379 e. The van der Waals surface area contributed by atoms with Crippen LogP contribution in [0.4, 0.5) is 22.7 Å². The van der Waals surface area contributed by atoms with Gasteiger partial charge in [0.25, 0.3) is 0 Å². The summed E-state index contributed by atoms with van der Waals surface area (Å²) in [5.41, 5.74) is 6.28. The zero-order valence-electron chi connectivity index (χ0n) is 22.2. The zero-order chi connectivity index (χ0) is 27.7. The molecular weight excluding hydrogens is 516 g/mol. The molecule has 0 spiro atoms. The molecule has 40 heavy (non-hydrogen) atoms. The predicted molar refractivity (Wildman–Crippen MR) is 165 cm³/mol. The summed E-state index contributed by atoms with van der Waals surface area (Å²) in [5, 5.41) is 10.4. The molecule has 6 aromatic rings. The third kappa shape index (κ3) is 5.63. The fourth-order valence-corrected chi connectivity index (χ4v) is 5.55. The van der Waals surface area contributed by atoms with Crippen LogP contribution in [0.15, 0.2) is 126 Å². The molecule has 0 fully saturated rings. The number of anilines is 4. The van der Waals surface area contributed by atoms with Gasteiger partial charge < -0.3 is 14.8 Å². The minimum absolute atomic E-state index is 0.108. The first-order valence-electron chi connectivity index (χ1n) is 13.0. The van der Waals surface area contributed by atoms with Gasteiger partial charge in [0.2, 0.25) is 0 Å². The summed E-state index contributed by atoms with van der Waals surface area (Å²) in [6.07, 6.45) is 0. The summed E-state index contributed by atoms with van der Waals surface area (Å²) in [7, 11) is -4.02. The SMILES string of the molecule is Cc1ccc(Nc2ccc3cc(OS(=O)(=O)c4ccc5cc(Nc6ccc(C)cc6)ccc5c4)ccc3c2)cc1. The Bertz CT molecular complexity index is 1950. The standard InChI is InChI=1S/C34H28N2O3S/c1-23-3-11-29(12-4-23)35-31-15-7-27-21-33(17-9-25(27)19-31)39-40(37,38)34-18-10-26-20-32(16-8-28(26)22-34)36-30-13-5-24(2)6-14-30/h3-22,35-36H,1-2H3. The van der Waals surface area contributed by atoms with Crippen molar-refractivity contribution in [2.75, 3.05) is 10.6 Å². The maximum Gasteiger partial charge on any atom is 0.339 e. The lowest BCUT2D eigenvalue weighted by Gasteiger charge is -2.11. The molecule has 198 valence electrons. The minimum atomic E-state index is -4.02. The maximum absolute atomic E-state index is 13.2. The van der Waals surface area contributed by atoms with Crippen LogP contribution >= 0.6 is 0 Å². The van der Waals surface area contributed by atoms with Gasteiger partial charge in [-0.25, -0.2) is 0 Å². The van der Waals surface area contributed by atoms with E-state index in [0.717, 1.165) is 44.3 Å². The van der Waals surface area contributed by atoms with Crippen molar-refractivity contribution in [1.29, 1.82) is 0 Å². The third-order valence-electron chi connectivity index (χ3n) is 6.80. The van der Waals surface area contributed by atoms with E-state index in [9.17, 15) is 8.42 Å². The second-order valence-electron chi connectivity index (χ2n) is 9.97. The zero-order valence-corrected chi connectivity index (χ0v) is 23.0. The molecule has 6 rings (SSSR count). The normalized spacial score (nSPS) is 11.4. The topological polar surface area (TPSA) is 67.4 Å². The van der Waals surface area contributed by atoms with E-state index in [1.807, 2.05) is 66.7 Å². The Balaban J connectivity index is 1.19. The van der Waals surface area contributed by atoms with E-state index in [1.54, 1.807) is 30.3 Å². The fourth-order valence-electron chi connectivity index (χ4n) is 4.59. The van der Waals surface area contributed by atoms with Crippen molar-refractivity contribution < 1.29 is 12.6 Å². The van der Waals surface area contributed by atoms with Gasteiger partial charge in [-0.3, -0.25) is 0 Å². The van der Waals surface area contributed by atoms with Crippen molar-refractivity contribution in [3.8, 4) is 5.75 Å². The van der Waals surface area contributed by atoms with Gasteiger partial charge in [0, 0.05) is 22.7 Å². The van der Waals surface area contributed by atoms with Gasteiger partial charge in [-0.05, 0) is 108 Å². The second-order valence-corrected chi connectivity index (χ2v) is 11.5. The number of nitrogens with one attached hydrogen (secondary N) is 2. The van der Waals surface area contributed by atoms with Crippen LogP contribution in [0.5, 0.6) is 5.75 Å². The number of rotatable bonds is 7. The van der Waals surface area contributed by atoms with Crippen molar-refractivity contribution in [3.05, 3.63) is 132 Å². The highest BCUT2D eigenvalue weighted by molar-refractivity contribution is 7.87. The van der Waals surface area contributed by atoms with E-state index in [0.29, 0.717) is 0 Å². The quantitative estimate of drug-likeness (QED) is 0.197. The Kier molecular flexibility index (Phi) is 6.62. The van der Waals surface area contributed by atoms with E-state index >= 15 is 0 Å². The number of fused-ring (bicyclic) bond motifs is 2. The lowest BCUT2D eigenvalue weighted by Crippen LogP contribution is -2.09. The molecule has 0 amide bonds. The van der Waals surface area contributed by atoms with E-state index in [2.05, 4.69) is 48.7 Å². The smallest absolute Gasteiger partial charge is 0.339 e. The Morgan fingerprint density at radius 1 is 0.475 bits per heavy atom. The summed E-state index contributed by atoms with van der Waals surface area (Å²) in [4.78, 5) is 0.108. The van der Waals surface area contributed by atoms with Crippen LogP contribution in [0.25, 0.3) is 21.5 Å². The molecule has 6 aromatic carbocycles. The number of aryl methyl sites for hydroxylation is 2. The first kappa shape index (κ1) is 25.5. The molecule has 0 saturated carbocycles. The Labute approximate surface area is 234 Å². The van der Waals surface area contributed by atoms with Crippen molar-refractivity contribution >= 4 is 54.4 Å². The van der Waals surface area contributed by atoms with Gasteiger partial charge in [0.05, 0.1) is 0 Å². The summed E-state index contributed by atoms with van der Waals surface area (Å²) in [6, 6.07) is 38.4. The van der Waals surface area contributed by atoms with Crippen molar-refractivity contribution in [2.24, 2.45) is 0 Å². The molecule has 0 atom stereocenters. The molecule has 6 heteroatoms. The van der Waals surface area contributed by atoms with E-state index < -0.39 is 10.1 Å². The molecule has 0 unspecified atom stereocenters. The van der Waals surface area contributed by atoms with E-state index in [1.165, 1.54) is 11.1 Å². The van der Waals surface area contributed by atoms with Crippen molar-refractivity contribution in [3.63, 3.8) is 0 Å². The average molecular weight is 545 g/mol. The molecule has 0 heterocycles. The van der Waals surface area contributed by atoms with Gasteiger partial charge in [-0.1, -0.05) is 59.7 Å². The molecule has 0 aliphatic rings. The van der Waals surface area contributed by atoms with Gasteiger partial charge in [-0.15, -0.1) is 0 Å². The molecule has 0 aromatic heterocycles. The molecule has 0 radical (unpaired) electrons. The van der Waals surface area contributed by atoms with Gasteiger partial charge >= 0.3 is 10.1 Å². The van der Waals surface area contributed by atoms with Gasteiger partial charge in [-0.2, -0.15) is 8.42 Å². The van der Waals surface area contributed by atoms with Gasteiger partial charge in [0.1, 0.15) is 10.6 Å². The molecule has 0 saturated heterocycles. The molecule has 2 N–H and O–H groups in total. The molecule has 5 nitrogen and oxygen atoms in total. The first-order valence-corrected chi connectivity index (χ1v) is 14.4. The Hall–Kier alpha value is -4.81. The summed E-state index contributed by atoms with van der Waals surface area (Å²) in [5.74, 6) is 0.268. The fraction of sp³-hybridized carbons (Fsp3) is 0.0588. The van der Waals surface area contributed by atoms with Crippen LogP contribution in [0.3, 0.4) is 0 Å². The summed E-state index contributed by atoms with van der Waals surface area (Å²) < 4.78 is 31.8. The Morgan fingerprint density at radius 3 is 1.45 bits per heavy atom. The van der Waals surface area contributed by atoms with E-state index in [-0.39, 0.29) is 10.6 Å². The first-order chi connectivity index (χ1) is 19.3. The van der Waals surface area contributed by atoms with Crippen LogP contribution in [0, 0.1) is 13.8 Å². The number of hydrogen-bond donors (Lipinski definition) is 2. The summed E-state index contributed by atoms with van der Waals surface area (Å²) in [6.45, 7) is 4.11. The molecular formula is C34H28N2O3S. The third-order valence-corrected chi connectivity index (χ3v) is 8.04. The van der Waals surface area contributed by atoms with Gasteiger partial charge in [0.15, 0.2) is 0 Å². The molecule has 0 aliphatic carbocycles. The summed E-state index contributed by atoms with van der Waals surface area (Å²) >= 11 is 0. The van der Waals surface area contributed by atoms with Crippen molar-refractivity contribution in [1.82, 2.24) is 0 Å². The lowest BCUT2D eigenvalue weighted by molar-refractivity contribution is 0.486. The second kappa shape index (κ2) is 10.4. The van der Waals surface area contributed by atoms with Crippen LogP contribution in [-0.4, -0.2) is 8.42 Å². The highest BCUT2D eigenvalue weighted by atomic mass is 32.2. The van der Waals surface area contributed by atoms with Crippen LogP contribution in [-0.2, 0) is 10.1 Å². The van der Waals surface area contributed by atoms with E-state index in [4.69, 9.17) is 4.18 Å². The maximum atomic E-state index is 13.2. The number of benzene rings is 6. The Morgan fingerprint density at radius 2 is 0.900 bits per heavy atom. The van der Waals surface area contributed by atoms with Crippen LogP contribution in [0.1, 0.15) is 11.1 Å². The number of hydrogen-bond acceptors (Lipinski definition) is 5. The highest BCUT2D eigenvalue weighted by Crippen LogP contribution is 2.29. The highest BCUT2D eigenvalue weighted by Gasteiger charge is 2.18. The lowest BCUT2D eigenvalue weighted by atomic mass is 10.1. The predicted octanol–water partition coefficient (Wildman–Crippen LogP) is 8.86. The monoisotopic (exact) mass is 544 g/mol. The minimum Gasteiger partial charge on any atom is -0.379 e. The molecule has 0 aliphatic heterocycles. The van der Waals surface area contributed by atoms with Crippen molar-refractivity contribution in [2.45, 2.75) is 18.7 Å². The average Bonchev–Trinajstić information content (AvgIpc) is 2.95.